The molecule has 0 spiro atoms. The summed E-state index contributed by atoms with van der Waals surface area (Å²) in [6, 6.07) is 19.1. The van der Waals surface area contributed by atoms with Crippen molar-refractivity contribution in [2.75, 3.05) is 31.2 Å². The fourth-order valence-corrected chi connectivity index (χ4v) is 5.01. The molecule has 2 saturated heterocycles. The van der Waals surface area contributed by atoms with Gasteiger partial charge in [-0.1, -0.05) is 54.2 Å². The number of thioether (sulfide) groups is 1. The van der Waals surface area contributed by atoms with Crippen LogP contribution in [-0.4, -0.2) is 48.4 Å². The highest BCUT2D eigenvalue weighted by Gasteiger charge is 2.41. The van der Waals surface area contributed by atoms with Crippen LogP contribution in [0.5, 0.6) is 0 Å². The monoisotopic (exact) mass is 448 g/mol. The number of para-hydroxylation sites is 1. The van der Waals surface area contributed by atoms with Gasteiger partial charge in [-0.15, -0.1) is 0 Å². The van der Waals surface area contributed by atoms with E-state index in [1.807, 2.05) is 67.6 Å². The molecular weight excluding hydrogens is 424 g/mol. The van der Waals surface area contributed by atoms with E-state index in [0.29, 0.717) is 43.4 Å². The van der Waals surface area contributed by atoms with Crippen molar-refractivity contribution in [1.82, 2.24) is 10.4 Å². The summed E-state index contributed by atoms with van der Waals surface area (Å²) in [5.74, 6) is -0.645. The number of hydrogen-bond acceptors (Lipinski definition) is 6. The minimum Gasteiger partial charge on any atom is -0.379 e. The molecule has 1 unspecified atom stereocenters. The Labute approximate surface area is 191 Å². The maximum Gasteiger partial charge on any atom is 0.278 e. The normalized spacial score (nSPS) is 20.7. The molecule has 32 heavy (non-hydrogen) atoms. The summed E-state index contributed by atoms with van der Waals surface area (Å²) in [7, 11) is 0. The first kappa shape index (κ1) is 22.1. The summed E-state index contributed by atoms with van der Waals surface area (Å²) in [6.45, 7) is 4.14. The average Bonchev–Trinajstić information content (AvgIpc) is 3.12. The Morgan fingerprint density at radius 3 is 2.53 bits per heavy atom. The van der Waals surface area contributed by atoms with Gasteiger partial charge < -0.3 is 4.74 Å². The third-order valence-corrected chi connectivity index (χ3v) is 6.72. The molecule has 2 aliphatic heterocycles. The number of aryl methyl sites for hydroxylation is 1. The van der Waals surface area contributed by atoms with Crippen LogP contribution in [0, 0.1) is 18.3 Å². The van der Waals surface area contributed by atoms with Gasteiger partial charge >= 0.3 is 0 Å². The first-order valence-corrected chi connectivity index (χ1v) is 11.3. The molecule has 7 nitrogen and oxygen atoms in total. The highest BCUT2D eigenvalue weighted by Crippen LogP contribution is 2.42. The van der Waals surface area contributed by atoms with Gasteiger partial charge in [0.05, 0.1) is 18.5 Å². The van der Waals surface area contributed by atoms with Gasteiger partial charge in [-0.25, -0.2) is 5.01 Å². The second kappa shape index (κ2) is 10.0. The molecule has 0 aliphatic carbocycles. The van der Waals surface area contributed by atoms with Crippen molar-refractivity contribution in [1.29, 1.82) is 5.26 Å². The average molecular weight is 449 g/mol. The van der Waals surface area contributed by atoms with E-state index in [2.05, 4.69) is 5.43 Å². The number of benzene rings is 2. The Bertz CT molecular complexity index is 1070. The number of morpholine rings is 1. The van der Waals surface area contributed by atoms with E-state index in [4.69, 9.17) is 4.74 Å². The highest BCUT2D eigenvalue weighted by atomic mass is 32.2. The lowest BCUT2D eigenvalue weighted by atomic mass is 10.0. The lowest BCUT2D eigenvalue weighted by Crippen LogP contribution is -2.49. The highest BCUT2D eigenvalue weighted by molar-refractivity contribution is 8.05. The number of nitrogens with zero attached hydrogens (tertiary/aromatic N) is 3. The van der Waals surface area contributed by atoms with Crippen molar-refractivity contribution in [3.63, 3.8) is 0 Å². The van der Waals surface area contributed by atoms with Gasteiger partial charge in [0.1, 0.15) is 16.7 Å². The van der Waals surface area contributed by atoms with Crippen LogP contribution in [0.4, 0.5) is 5.69 Å². The predicted molar refractivity (Wildman–Crippen MR) is 123 cm³/mol. The van der Waals surface area contributed by atoms with Crippen LogP contribution in [0.2, 0.25) is 0 Å². The fraction of sp³-hybridized carbons (Fsp3) is 0.292. The van der Waals surface area contributed by atoms with E-state index in [0.717, 1.165) is 11.1 Å². The summed E-state index contributed by atoms with van der Waals surface area (Å²) < 4.78 is 5.31. The van der Waals surface area contributed by atoms with Crippen LogP contribution in [-0.2, 0) is 20.7 Å². The molecule has 2 fully saturated rings. The smallest absolute Gasteiger partial charge is 0.278 e. The molecule has 1 atom stereocenters. The van der Waals surface area contributed by atoms with Crippen LogP contribution < -0.4 is 10.3 Å². The van der Waals surface area contributed by atoms with Crippen LogP contribution in [0.1, 0.15) is 11.1 Å². The number of nitriles is 1. The Morgan fingerprint density at radius 1 is 1.16 bits per heavy atom. The number of ether oxygens (including phenoxy) is 1. The fourth-order valence-electron chi connectivity index (χ4n) is 3.71. The minimum atomic E-state index is -0.512. The summed E-state index contributed by atoms with van der Waals surface area (Å²) in [5, 5.41) is 11.6. The number of nitrogens with one attached hydrogen (secondary N) is 1. The third kappa shape index (κ3) is 4.70. The van der Waals surface area contributed by atoms with Gasteiger partial charge in [-0.05, 0) is 36.6 Å². The van der Waals surface area contributed by atoms with Crippen LogP contribution in [0.25, 0.3) is 0 Å². The molecule has 4 rings (SSSR count). The van der Waals surface area contributed by atoms with Crippen molar-refractivity contribution in [2.24, 2.45) is 0 Å². The van der Waals surface area contributed by atoms with Crippen LogP contribution in [0.15, 0.2) is 65.2 Å². The van der Waals surface area contributed by atoms with Crippen molar-refractivity contribution >= 4 is 29.3 Å². The topological polar surface area (TPSA) is 85.7 Å². The Kier molecular flexibility index (Phi) is 6.90. The lowest BCUT2D eigenvalue weighted by molar-refractivity contribution is -0.123. The summed E-state index contributed by atoms with van der Waals surface area (Å²) in [5.41, 5.74) is 5.54. The number of anilines is 1. The first-order valence-electron chi connectivity index (χ1n) is 10.5. The Balaban J connectivity index is 1.68. The zero-order chi connectivity index (χ0) is 22.5. The van der Waals surface area contributed by atoms with Gasteiger partial charge in [0.2, 0.25) is 5.91 Å². The summed E-state index contributed by atoms with van der Waals surface area (Å²) in [4.78, 5) is 28.0. The molecule has 2 amide bonds. The quantitative estimate of drug-likeness (QED) is 0.559. The maximum absolute atomic E-state index is 13.5. The van der Waals surface area contributed by atoms with E-state index in [1.54, 1.807) is 5.01 Å². The summed E-state index contributed by atoms with van der Waals surface area (Å²) >= 11 is 1.28. The van der Waals surface area contributed by atoms with Crippen LogP contribution >= 0.6 is 11.8 Å². The molecule has 2 aliphatic rings. The molecule has 164 valence electrons. The third-order valence-electron chi connectivity index (χ3n) is 5.46. The Hall–Kier alpha value is -3.12. The molecule has 2 aromatic rings. The second-order valence-corrected chi connectivity index (χ2v) is 8.77. The van der Waals surface area contributed by atoms with Crippen molar-refractivity contribution < 1.29 is 14.3 Å². The molecule has 0 bridgehead atoms. The van der Waals surface area contributed by atoms with E-state index in [1.165, 1.54) is 16.7 Å². The van der Waals surface area contributed by atoms with Gasteiger partial charge in [-0.2, -0.15) is 5.26 Å². The van der Waals surface area contributed by atoms with Crippen molar-refractivity contribution in [3.8, 4) is 6.07 Å². The molecule has 0 radical (unpaired) electrons. The van der Waals surface area contributed by atoms with E-state index in [9.17, 15) is 14.9 Å². The molecule has 8 heteroatoms. The second-order valence-electron chi connectivity index (χ2n) is 7.58. The number of carbonyl (C=O) groups is 2. The lowest BCUT2D eigenvalue weighted by Gasteiger charge is -2.27. The van der Waals surface area contributed by atoms with E-state index < -0.39 is 11.2 Å². The van der Waals surface area contributed by atoms with E-state index in [-0.39, 0.29) is 11.5 Å². The molecule has 2 aromatic carbocycles. The molecule has 2 heterocycles. The number of rotatable bonds is 5. The van der Waals surface area contributed by atoms with Crippen molar-refractivity contribution in [2.45, 2.75) is 18.6 Å². The van der Waals surface area contributed by atoms with Crippen molar-refractivity contribution in [3.05, 3.63) is 76.3 Å². The van der Waals surface area contributed by atoms with Gasteiger partial charge in [0.25, 0.3) is 5.91 Å². The number of carbonyl (C=O) groups excluding carboxylic acids is 2. The summed E-state index contributed by atoms with van der Waals surface area (Å²) in [6.07, 6.45) is 0.521. The maximum atomic E-state index is 13.5. The van der Waals surface area contributed by atoms with Gasteiger partial charge in [0, 0.05) is 18.8 Å². The molecule has 0 aromatic heterocycles. The zero-order valence-electron chi connectivity index (χ0n) is 17.8. The van der Waals surface area contributed by atoms with Gasteiger partial charge in [-0.3, -0.25) is 19.9 Å². The zero-order valence-corrected chi connectivity index (χ0v) is 18.6. The van der Waals surface area contributed by atoms with Gasteiger partial charge in [0.15, 0.2) is 0 Å². The van der Waals surface area contributed by atoms with E-state index >= 15 is 0 Å². The van der Waals surface area contributed by atoms with Crippen LogP contribution in [0.3, 0.4) is 0 Å². The number of amides is 2. The molecule has 0 saturated carbocycles. The number of hydrazine groups is 1. The SMILES string of the molecule is Cc1ccccc1CC1SC(=C(C#N)C(=O)NN2CCOCC2)N(c2ccccc2)C1=O. The predicted octanol–water partition coefficient (Wildman–Crippen LogP) is 2.78. The molecular formula is C24H24N4O3S. The Morgan fingerprint density at radius 2 is 1.84 bits per heavy atom. The standard InChI is InChI=1S/C24H24N4O3S/c1-17-7-5-6-8-18(17)15-21-23(30)28(19-9-3-2-4-10-19)24(32-21)20(16-25)22(29)26-27-11-13-31-14-12-27/h2-10,21H,11-15H2,1H3,(H,26,29). The first-order chi connectivity index (χ1) is 15.6. The molecule has 1 N–H and O–H groups in total. The minimum absolute atomic E-state index is 0.0639. The largest absolute Gasteiger partial charge is 0.379 e. The number of hydrogen-bond donors (Lipinski definition) is 1.